The number of pyridine rings is 1. The molecular weight excluding hydrogens is 377 g/mol. The molecule has 1 N–H and O–H groups in total. The van der Waals surface area contributed by atoms with Crippen molar-refractivity contribution in [1.82, 2.24) is 9.88 Å². The summed E-state index contributed by atoms with van der Waals surface area (Å²) in [5.41, 5.74) is 0.137. The second-order valence-corrected chi connectivity index (χ2v) is 7.27. The Hall–Kier alpha value is -2.81. The van der Waals surface area contributed by atoms with Gasteiger partial charge in [0.2, 0.25) is 0 Å². The number of halogens is 3. The maximum Gasteiger partial charge on any atom is 0.573 e. The van der Waals surface area contributed by atoms with E-state index in [9.17, 15) is 23.1 Å². The average Bonchev–Trinajstić information content (AvgIpc) is 2.92. The van der Waals surface area contributed by atoms with Gasteiger partial charge in [-0.2, -0.15) is 0 Å². The van der Waals surface area contributed by atoms with Gasteiger partial charge in [0.25, 0.3) is 5.91 Å². The van der Waals surface area contributed by atoms with Crippen molar-refractivity contribution in [2.45, 2.75) is 44.5 Å². The monoisotopic (exact) mass is 394 g/mol. The first kappa shape index (κ1) is 18.5. The number of fused-ring (bicyclic) bond motifs is 2. The SMILES string of the molecule is CC1(C)Oc2ccc(OC(F)(F)F)cc2C(N2Cc3ncccc3C2=O)C1O. The van der Waals surface area contributed by atoms with E-state index in [0.29, 0.717) is 11.3 Å². The summed E-state index contributed by atoms with van der Waals surface area (Å²) in [5, 5.41) is 10.9. The van der Waals surface area contributed by atoms with E-state index in [2.05, 4.69) is 9.72 Å². The first-order valence-electron chi connectivity index (χ1n) is 8.58. The number of aromatic nitrogens is 1. The molecule has 0 spiro atoms. The lowest BCUT2D eigenvalue weighted by molar-refractivity contribution is -0.274. The quantitative estimate of drug-likeness (QED) is 0.847. The summed E-state index contributed by atoms with van der Waals surface area (Å²) >= 11 is 0. The van der Waals surface area contributed by atoms with Crippen molar-refractivity contribution in [2.24, 2.45) is 0 Å². The third kappa shape index (κ3) is 3.05. The van der Waals surface area contributed by atoms with Gasteiger partial charge in [-0.05, 0) is 44.2 Å². The zero-order valence-corrected chi connectivity index (χ0v) is 15.0. The summed E-state index contributed by atoms with van der Waals surface area (Å²) < 4.78 is 47.7. The molecule has 2 unspecified atom stereocenters. The molecule has 0 radical (unpaired) electrons. The molecule has 2 aromatic rings. The number of ether oxygens (including phenoxy) is 2. The van der Waals surface area contributed by atoms with Gasteiger partial charge in [0.15, 0.2) is 0 Å². The maximum absolute atomic E-state index is 12.9. The number of carbonyl (C=O) groups excluding carboxylic acids is 1. The van der Waals surface area contributed by atoms with Gasteiger partial charge in [0.05, 0.1) is 23.8 Å². The molecular formula is C19H17F3N2O4. The number of alkyl halides is 3. The predicted molar refractivity (Wildman–Crippen MR) is 90.7 cm³/mol. The van der Waals surface area contributed by atoms with Crippen LogP contribution < -0.4 is 9.47 Å². The highest BCUT2D eigenvalue weighted by Crippen LogP contribution is 2.46. The summed E-state index contributed by atoms with van der Waals surface area (Å²) in [6, 6.07) is 5.98. The second kappa shape index (κ2) is 6.10. The molecule has 2 aliphatic rings. The van der Waals surface area contributed by atoms with Gasteiger partial charge >= 0.3 is 6.36 Å². The minimum atomic E-state index is -4.86. The standard InChI is InChI=1S/C19H17F3N2O4/c1-18(2)16(25)15(24-9-13-11(17(24)26)4-3-7-23-13)12-8-10(27-19(20,21)22)5-6-14(12)28-18/h3-8,15-16,25H,9H2,1-2H3. The van der Waals surface area contributed by atoms with E-state index in [1.165, 1.54) is 11.0 Å². The van der Waals surface area contributed by atoms with E-state index in [4.69, 9.17) is 4.74 Å². The van der Waals surface area contributed by atoms with Crippen LogP contribution in [0.15, 0.2) is 36.5 Å². The second-order valence-electron chi connectivity index (χ2n) is 7.27. The summed E-state index contributed by atoms with van der Waals surface area (Å²) in [4.78, 5) is 18.5. The Bertz CT molecular complexity index is 945. The Kier molecular flexibility index (Phi) is 4.04. The minimum absolute atomic E-state index is 0.136. The van der Waals surface area contributed by atoms with Crippen molar-refractivity contribution in [2.75, 3.05) is 0 Å². The number of aliphatic hydroxyl groups is 1. The van der Waals surface area contributed by atoms with Gasteiger partial charge in [-0.3, -0.25) is 9.78 Å². The van der Waals surface area contributed by atoms with Gasteiger partial charge in [-0.25, -0.2) is 0 Å². The summed E-state index contributed by atoms with van der Waals surface area (Å²) in [6.07, 6.45) is -4.48. The molecule has 0 bridgehead atoms. The van der Waals surface area contributed by atoms with Gasteiger partial charge in [0, 0.05) is 11.8 Å². The first-order valence-corrected chi connectivity index (χ1v) is 8.58. The number of nitrogens with zero attached hydrogens (tertiary/aromatic N) is 2. The number of carbonyl (C=O) groups is 1. The van der Waals surface area contributed by atoms with Crippen LogP contribution in [-0.4, -0.2) is 39.0 Å². The molecule has 4 rings (SSSR count). The van der Waals surface area contributed by atoms with E-state index >= 15 is 0 Å². The molecule has 6 nitrogen and oxygen atoms in total. The average molecular weight is 394 g/mol. The van der Waals surface area contributed by atoms with Gasteiger partial charge in [0.1, 0.15) is 23.2 Å². The van der Waals surface area contributed by atoms with Crippen molar-refractivity contribution >= 4 is 5.91 Å². The zero-order chi connectivity index (χ0) is 20.3. The minimum Gasteiger partial charge on any atom is -0.485 e. The lowest BCUT2D eigenvalue weighted by Crippen LogP contribution is -2.53. The molecule has 1 aromatic heterocycles. The predicted octanol–water partition coefficient (Wildman–Crippen LogP) is 3.21. The summed E-state index contributed by atoms with van der Waals surface area (Å²) in [6.45, 7) is 3.44. The highest BCUT2D eigenvalue weighted by molar-refractivity contribution is 5.98. The highest BCUT2D eigenvalue weighted by Gasteiger charge is 2.49. The fourth-order valence-electron chi connectivity index (χ4n) is 3.65. The molecule has 0 aliphatic carbocycles. The van der Waals surface area contributed by atoms with Crippen LogP contribution in [-0.2, 0) is 6.54 Å². The fourth-order valence-corrected chi connectivity index (χ4v) is 3.65. The van der Waals surface area contributed by atoms with Crippen molar-refractivity contribution < 1.29 is 32.5 Å². The summed E-state index contributed by atoms with van der Waals surface area (Å²) in [7, 11) is 0. The van der Waals surface area contributed by atoms with E-state index in [0.717, 1.165) is 12.1 Å². The molecule has 0 saturated heterocycles. The third-order valence-electron chi connectivity index (χ3n) is 4.96. The van der Waals surface area contributed by atoms with Crippen LogP contribution in [0.25, 0.3) is 0 Å². The lowest BCUT2D eigenvalue weighted by atomic mass is 9.85. The number of amides is 1. The van der Waals surface area contributed by atoms with Gasteiger partial charge in [-0.1, -0.05) is 0 Å². The number of hydrogen-bond acceptors (Lipinski definition) is 5. The molecule has 0 saturated carbocycles. The van der Waals surface area contributed by atoms with Crippen molar-refractivity contribution in [1.29, 1.82) is 0 Å². The Morgan fingerprint density at radius 2 is 2.07 bits per heavy atom. The van der Waals surface area contributed by atoms with E-state index < -0.39 is 29.9 Å². The van der Waals surface area contributed by atoms with Crippen LogP contribution in [0.4, 0.5) is 13.2 Å². The molecule has 3 heterocycles. The van der Waals surface area contributed by atoms with Crippen molar-refractivity contribution in [3.8, 4) is 11.5 Å². The number of rotatable bonds is 2. The Morgan fingerprint density at radius 3 is 2.75 bits per heavy atom. The first-order chi connectivity index (χ1) is 13.1. The Balaban J connectivity index is 1.79. The molecule has 0 fully saturated rings. The Morgan fingerprint density at radius 1 is 1.32 bits per heavy atom. The number of benzene rings is 1. The van der Waals surface area contributed by atoms with Crippen LogP contribution in [0.3, 0.4) is 0 Å². The van der Waals surface area contributed by atoms with E-state index in [1.807, 2.05) is 0 Å². The van der Waals surface area contributed by atoms with Crippen molar-refractivity contribution in [3.05, 3.63) is 53.3 Å². The fraction of sp³-hybridized carbons (Fsp3) is 0.368. The topological polar surface area (TPSA) is 71.9 Å². The maximum atomic E-state index is 12.9. The molecule has 2 atom stereocenters. The molecule has 1 aromatic carbocycles. The van der Waals surface area contributed by atoms with Crippen LogP contribution in [0, 0.1) is 0 Å². The molecule has 28 heavy (non-hydrogen) atoms. The third-order valence-corrected chi connectivity index (χ3v) is 4.96. The molecule has 9 heteroatoms. The highest BCUT2D eigenvalue weighted by atomic mass is 19.4. The normalized spacial score (nSPS) is 23.1. The molecule has 148 valence electrons. The zero-order valence-electron chi connectivity index (χ0n) is 15.0. The number of hydrogen-bond donors (Lipinski definition) is 1. The van der Waals surface area contributed by atoms with Crippen LogP contribution >= 0.6 is 0 Å². The Labute approximate surface area is 158 Å². The lowest BCUT2D eigenvalue weighted by Gasteiger charge is -2.45. The smallest absolute Gasteiger partial charge is 0.485 e. The van der Waals surface area contributed by atoms with E-state index in [-0.39, 0.29) is 23.8 Å². The molecule has 2 aliphatic heterocycles. The summed E-state index contributed by atoms with van der Waals surface area (Å²) in [5.74, 6) is -0.515. The number of aliphatic hydroxyl groups excluding tert-OH is 1. The van der Waals surface area contributed by atoms with Crippen molar-refractivity contribution in [3.63, 3.8) is 0 Å². The van der Waals surface area contributed by atoms with Gasteiger partial charge in [-0.15, -0.1) is 13.2 Å². The van der Waals surface area contributed by atoms with Gasteiger partial charge < -0.3 is 19.5 Å². The molecule has 1 amide bonds. The van der Waals surface area contributed by atoms with Crippen LogP contribution in [0.1, 0.15) is 41.5 Å². The van der Waals surface area contributed by atoms with Crippen LogP contribution in [0.2, 0.25) is 0 Å². The largest absolute Gasteiger partial charge is 0.573 e. The van der Waals surface area contributed by atoms with Crippen LogP contribution in [0.5, 0.6) is 11.5 Å². The van der Waals surface area contributed by atoms with E-state index in [1.54, 1.807) is 32.2 Å².